The zero-order valence-corrected chi connectivity index (χ0v) is 23.0. The standard InChI is InChI=1S/C29H26N2O5S2/c1-17(2)35-28(33)25-18(3)30-29-31(26(25)19-10-12-20(34-4)13-11-19)27(32)23(38-29)16-21-14-15-24(36-21)37-22-8-6-5-7-9-22/h5-17,26H,1-4H3/t26-/m0/s1. The Hall–Kier alpha value is -3.82. The third kappa shape index (κ3) is 5.25. The van der Waals surface area contributed by atoms with Crippen LogP contribution in [0.3, 0.4) is 0 Å². The lowest BCUT2D eigenvalue weighted by Gasteiger charge is -2.25. The largest absolute Gasteiger partial charge is 0.497 e. The molecule has 194 valence electrons. The van der Waals surface area contributed by atoms with Gasteiger partial charge in [-0.1, -0.05) is 53.4 Å². The van der Waals surface area contributed by atoms with E-state index in [2.05, 4.69) is 4.99 Å². The second kappa shape index (κ2) is 10.9. The van der Waals surface area contributed by atoms with Crippen LogP contribution >= 0.6 is 23.1 Å². The van der Waals surface area contributed by atoms with E-state index < -0.39 is 12.0 Å². The second-order valence-electron chi connectivity index (χ2n) is 8.88. The third-order valence-corrected chi connectivity index (χ3v) is 7.76. The van der Waals surface area contributed by atoms with Gasteiger partial charge in [0.1, 0.15) is 11.5 Å². The van der Waals surface area contributed by atoms with Gasteiger partial charge in [0.15, 0.2) is 9.89 Å². The van der Waals surface area contributed by atoms with Crippen LogP contribution in [0.4, 0.5) is 0 Å². The van der Waals surface area contributed by atoms with Crippen molar-refractivity contribution in [3.8, 4) is 5.75 Å². The average Bonchev–Trinajstić information content (AvgIpc) is 3.46. The lowest BCUT2D eigenvalue weighted by Crippen LogP contribution is -2.40. The Morgan fingerprint density at radius 1 is 1.11 bits per heavy atom. The predicted molar refractivity (Wildman–Crippen MR) is 147 cm³/mol. The first-order chi connectivity index (χ1) is 18.3. The first kappa shape index (κ1) is 25.8. The van der Waals surface area contributed by atoms with E-state index in [1.807, 2.05) is 54.6 Å². The lowest BCUT2D eigenvalue weighted by atomic mass is 9.96. The summed E-state index contributed by atoms with van der Waals surface area (Å²) < 4.78 is 18.8. The number of thiazole rings is 1. The Morgan fingerprint density at radius 2 is 1.84 bits per heavy atom. The number of allylic oxidation sites excluding steroid dienone is 1. The summed E-state index contributed by atoms with van der Waals surface area (Å²) in [4.78, 5) is 33.1. The molecule has 0 saturated carbocycles. The summed E-state index contributed by atoms with van der Waals surface area (Å²) in [7, 11) is 1.59. The fourth-order valence-corrected chi connectivity index (χ4v) is 5.99. The van der Waals surface area contributed by atoms with Crippen molar-refractivity contribution in [2.75, 3.05) is 7.11 Å². The number of methoxy groups -OCH3 is 1. The molecule has 0 bridgehead atoms. The summed E-state index contributed by atoms with van der Waals surface area (Å²) in [5.41, 5.74) is 1.35. The molecule has 0 N–H and O–H groups in total. The molecule has 38 heavy (non-hydrogen) atoms. The highest BCUT2D eigenvalue weighted by Gasteiger charge is 2.33. The fourth-order valence-electron chi connectivity index (χ4n) is 4.16. The lowest BCUT2D eigenvalue weighted by molar-refractivity contribution is -0.143. The number of ether oxygens (including phenoxy) is 2. The van der Waals surface area contributed by atoms with Crippen molar-refractivity contribution in [3.63, 3.8) is 0 Å². The molecule has 0 saturated heterocycles. The van der Waals surface area contributed by atoms with Crippen LogP contribution in [0, 0.1) is 0 Å². The Kier molecular flexibility index (Phi) is 7.40. The van der Waals surface area contributed by atoms with E-state index in [1.165, 1.54) is 23.1 Å². The normalized spacial score (nSPS) is 15.4. The molecule has 0 spiro atoms. The minimum atomic E-state index is -0.689. The molecule has 0 amide bonds. The zero-order valence-electron chi connectivity index (χ0n) is 21.3. The molecular weight excluding hydrogens is 520 g/mol. The van der Waals surface area contributed by atoms with Crippen molar-refractivity contribution in [2.45, 2.75) is 42.9 Å². The van der Waals surface area contributed by atoms with Crippen LogP contribution in [-0.2, 0) is 9.53 Å². The third-order valence-electron chi connectivity index (χ3n) is 5.85. The smallest absolute Gasteiger partial charge is 0.338 e. The summed E-state index contributed by atoms with van der Waals surface area (Å²) in [6.45, 7) is 5.35. The number of aromatic nitrogens is 1. The van der Waals surface area contributed by atoms with Crippen molar-refractivity contribution in [1.82, 2.24) is 4.57 Å². The quantitative estimate of drug-likeness (QED) is 0.306. The number of rotatable bonds is 7. The van der Waals surface area contributed by atoms with Crippen molar-refractivity contribution in [2.24, 2.45) is 4.99 Å². The van der Waals surface area contributed by atoms with Crippen LogP contribution in [0.15, 0.2) is 102 Å². The van der Waals surface area contributed by atoms with Crippen LogP contribution in [0.5, 0.6) is 5.75 Å². The van der Waals surface area contributed by atoms with Gasteiger partial charge in [-0.3, -0.25) is 9.36 Å². The maximum atomic E-state index is 13.8. The monoisotopic (exact) mass is 546 g/mol. The van der Waals surface area contributed by atoms with Gasteiger partial charge in [0, 0.05) is 11.0 Å². The van der Waals surface area contributed by atoms with E-state index >= 15 is 0 Å². The van der Waals surface area contributed by atoms with E-state index in [4.69, 9.17) is 13.9 Å². The number of nitrogens with zero attached hydrogens (tertiary/aromatic N) is 2. The van der Waals surface area contributed by atoms with E-state index in [1.54, 1.807) is 50.7 Å². The minimum Gasteiger partial charge on any atom is -0.497 e. The molecule has 1 aliphatic heterocycles. The van der Waals surface area contributed by atoms with Gasteiger partial charge in [-0.25, -0.2) is 9.79 Å². The zero-order chi connectivity index (χ0) is 26.8. The molecule has 7 nitrogen and oxygen atoms in total. The highest BCUT2D eigenvalue weighted by molar-refractivity contribution is 7.99. The van der Waals surface area contributed by atoms with Crippen molar-refractivity contribution >= 4 is 35.1 Å². The Bertz CT molecular complexity index is 1680. The van der Waals surface area contributed by atoms with Gasteiger partial charge in [0.05, 0.1) is 35.1 Å². The second-order valence-corrected chi connectivity index (χ2v) is 11.0. The SMILES string of the molecule is COc1ccc([C@H]2C(C(=O)OC(C)C)=C(C)N=c3sc(=Cc4ccc(Sc5ccccc5)o4)c(=O)n32)cc1. The average molecular weight is 547 g/mol. The Labute approximate surface area is 227 Å². The van der Waals surface area contributed by atoms with Gasteiger partial charge in [-0.15, -0.1) is 0 Å². The van der Waals surface area contributed by atoms with Gasteiger partial charge in [0.2, 0.25) is 0 Å². The van der Waals surface area contributed by atoms with Crippen LogP contribution in [0.25, 0.3) is 6.08 Å². The van der Waals surface area contributed by atoms with Crippen molar-refractivity contribution < 1.29 is 18.7 Å². The molecule has 5 rings (SSSR count). The number of furan rings is 1. The van der Waals surface area contributed by atoms with E-state index in [-0.39, 0.29) is 11.7 Å². The van der Waals surface area contributed by atoms with Gasteiger partial charge in [-0.2, -0.15) is 0 Å². The summed E-state index contributed by atoms with van der Waals surface area (Å²) >= 11 is 2.76. The maximum absolute atomic E-state index is 13.8. The van der Waals surface area contributed by atoms with Gasteiger partial charge < -0.3 is 13.9 Å². The summed E-state index contributed by atoms with van der Waals surface area (Å²) in [5.74, 6) is 0.741. The molecule has 0 unspecified atom stereocenters. The van der Waals surface area contributed by atoms with E-state index in [0.717, 1.165) is 15.6 Å². The topological polar surface area (TPSA) is 83.0 Å². The van der Waals surface area contributed by atoms with Gasteiger partial charge in [-0.05, 0) is 62.7 Å². The molecular formula is C29H26N2O5S2. The molecule has 9 heteroatoms. The van der Waals surface area contributed by atoms with Crippen molar-refractivity contribution in [1.29, 1.82) is 0 Å². The van der Waals surface area contributed by atoms with Gasteiger partial charge >= 0.3 is 5.97 Å². The predicted octanol–water partition coefficient (Wildman–Crippen LogP) is 4.94. The highest BCUT2D eigenvalue weighted by atomic mass is 32.2. The summed E-state index contributed by atoms with van der Waals surface area (Å²) in [6.07, 6.45) is 1.40. The number of carbonyl (C=O) groups is 1. The Morgan fingerprint density at radius 3 is 2.53 bits per heavy atom. The Balaban J connectivity index is 1.58. The fraction of sp³-hybridized carbons (Fsp3) is 0.207. The maximum Gasteiger partial charge on any atom is 0.338 e. The molecule has 0 aliphatic carbocycles. The highest BCUT2D eigenvalue weighted by Crippen LogP contribution is 2.32. The van der Waals surface area contributed by atoms with E-state index in [9.17, 15) is 9.59 Å². The number of fused-ring (bicyclic) bond motifs is 1. The number of hydrogen-bond donors (Lipinski definition) is 0. The number of esters is 1. The molecule has 3 heterocycles. The number of hydrogen-bond acceptors (Lipinski definition) is 8. The molecule has 0 fully saturated rings. The van der Waals surface area contributed by atoms with Crippen LogP contribution in [0.1, 0.15) is 38.1 Å². The molecule has 0 radical (unpaired) electrons. The molecule has 2 aromatic carbocycles. The summed E-state index contributed by atoms with van der Waals surface area (Å²) in [5, 5.41) is 0.723. The van der Waals surface area contributed by atoms with Gasteiger partial charge in [0.25, 0.3) is 5.56 Å². The molecule has 1 aliphatic rings. The number of carbonyl (C=O) groups excluding carboxylic acids is 1. The first-order valence-electron chi connectivity index (χ1n) is 12.0. The first-order valence-corrected chi connectivity index (χ1v) is 13.7. The minimum absolute atomic E-state index is 0.259. The molecule has 1 atom stereocenters. The molecule has 4 aromatic rings. The molecule has 2 aromatic heterocycles. The van der Waals surface area contributed by atoms with Crippen LogP contribution in [-0.4, -0.2) is 23.8 Å². The van der Waals surface area contributed by atoms with Crippen molar-refractivity contribution in [3.05, 3.63) is 109 Å². The summed E-state index contributed by atoms with van der Waals surface area (Å²) in [6, 6.07) is 20.3. The van der Waals surface area contributed by atoms with E-state index in [0.29, 0.717) is 32.1 Å². The number of benzene rings is 2. The van der Waals surface area contributed by atoms with Crippen LogP contribution in [0.2, 0.25) is 0 Å². The van der Waals surface area contributed by atoms with Crippen LogP contribution < -0.4 is 19.6 Å².